The molecule has 1 amide bonds. The SMILES string of the molecule is CCC(=O)N[C@@H]1CCc2ccc(OC)cc2[C@H]1OC(=O)C(OC)c1ccccc1. The Hall–Kier alpha value is -2.86. The number of ether oxygens (including phenoxy) is 3. The molecular weight excluding hydrogens is 370 g/mol. The van der Waals surface area contributed by atoms with Crippen LogP contribution in [0.15, 0.2) is 48.5 Å². The second kappa shape index (κ2) is 9.56. The van der Waals surface area contributed by atoms with Crippen LogP contribution >= 0.6 is 0 Å². The van der Waals surface area contributed by atoms with Gasteiger partial charge in [0.05, 0.1) is 13.2 Å². The second-order valence-electron chi connectivity index (χ2n) is 7.01. The summed E-state index contributed by atoms with van der Waals surface area (Å²) in [6, 6.07) is 14.7. The Balaban J connectivity index is 1.91. The fourth-order valence-electron chi connectivity index (χ4n) is 3.66. The van der Waals surface area contributed by atoms with Gasteiger partial charge in [0.15, 0.2) is 6.10 Å². The zero-order chi connectivity index (χ0) is 20.8. The lowest BCUT2D eigenvalue weighted by Crippen LogP contribution is -2.43. The molecule has 29 heavy (non-hydrogen) atoms. The summed E-state index contributed by atoms with van der Waals surface area (Å²) in [7, 11) is 3.07. The molecule has 0 spiro atoms. The van der Waals surface area contributed by atoms with E-state index < -0.39 is 18.2 Å². The molecule has 0 saturated heterocycles. The van der Waals surface area contributed by atoms with Crippen LogP contribution in [0.25, 0.3) is 0 Å². The highest BCUT2D eigenvalue weighted by molar-refractivity contribution is 5.78. The smallest absolute Gasteiger partial charge is 0.340 e. The number of fused-ring (bicyclic) bond motifs is 1. The van der Waals surface area contributed by atoms with Gasteiger partial charge in [0.2, 0.25) is 5.91 Å². The fraction of sp³-hybridized carbons (Fsp3) is 0.391. The molecule has 0 radical (unpaired) electrons. The third kappa shape index (κ3) is 4.77. The Kier molecular flexibility index (Phi) is 6.88. The summed E-state index contributed by atoms with van der Waals surface area (Å²) in [5.41, 5.74) is 2.66. The van der Waals surface area contributed by atoms with Crippen LogP contribution < -0.4 is 10.1 Å². The quantitative estimate of drug-likeness (QED) is 0.724. The Morgan fingerprint density at radius 2 is 1.90 bits per heavy atom. The second-order valence-corrected chi connectivity index (χ2v) is 7.01. The fourth-order valence-corrected chi connectivity index (χ4v) is 3.66. The van der Waals surface area contributed by atoms with Crippen LogP contribution in [0.4, 0.5) is 0 Å². The Labute approximate surface area is 171 Å². The van der Waals surface area contributed by atoms with Crippen molar-refractivity contribution in [1.82, 2.24) is 5.32 Å². The Bertz CT molecular complexity index is 852. The first-order valence-electron chi connectivity index (χ1n) is 9.81. The van der Waals surface area contributed by atoms with E-state index >= 15 is 0 Å². The molecular formula is C23H27NO5. The number of hydrogen-bond acceptors (Lipinski definition) is 5. The van der Waals surface area contributed by atoms with Gasteiger partial charge < -0.3 is 19.5 Å². The van der Waals surface area contributed by atoms with Gasteiger partial charge in [0.25, 0.3) is 0 Å². The van der Waals surface area contributed by atoms with E-state index in [0.717, 1.165) is 23.1 Å². The van der Waals surface area contributed by atoms with Gasteiger partial charge in [0.1, 0.15) is 11.9 Å². The van der Waals surface area contributed by atoms with E-state index in [9.17, 15) is 9.59 Å². The van der Waals surface area contributed by atoms with Gasteiger partial charge in [0, 0.05) is 19.1 Å². The Morgan fingerprint density at radius 3 is 2.55 bits per heavy atom. The summed E-state index contributed by atoms with van der Waals surface area (Å²) < 4.78 is 16.7. The number of aryl methyl sites for hydroxylation is 1. The molecule has 154 valence electrons. The van der Waals surface area contributed by atoms with Crippen LogP contribution in [0.5, 0.6) is 5.75 Å². The maximum Gasteiger partial charge on any atom is 0.340 e. The van der Waals surface area contributed by atoms with Crippen molar-refractivity contribution in [3.63, 3.8) is 0 Å². The monoisotopic (exact) mass is 397 g/mol. The third-order valence-electron chi connectivity index (χ3n) is 5.21. The first kappa shape index (κ1) is 20.9. The van der Waals surface area contributed by atoms with Crippen molar-refractivity contribution in [2.75, 3.05) is 14.2 Å². The summed E-state index contributed by atoms with van der Waals surface area (Å²) in [5.74, 6) is 0.113. The zero-order valence-corrected chi connectivity index (χ0v) is 17.0. The van der Waals surface area contributed by atoms with Crippen LogP contribution in [-0.2, 0) is 25.5 Å². The first-order valence-corrected chi connectivity index (χ1v) is 9.81. The lowest BCUT2D eigenvalue weighted by atomic mass is 9.85. The molecule has 6 nitrogen and oxygen atoms in total. The maximum absolute atomic E-state index is 13.0. The normalized spacial score (nSPS) is 19.0. The molecule has 1 unspecified atom stereocenters. The maximum atomic E-state index is 13.0. The van der Waals surface area contributed by atoms with Crippen molar-refractivity contribution >= 4 is 11.9 Å². The van der Waals surface area contributed by atoms with Crippen LogP contribution in [0.1, 0.15) is 48.7 Å². The third-order valence-corrected chi connectivity index (χ3v) is 5.21. The van der Waals surface area contributed by atoms with Crippen molar-refractivity contribution in [3.8, 4) is 5.75 Å². The highest BCUT2D eigenvalue weighted by atomic mass is 16.6. The van der Waals surface area contributed by atoms with Gasteiger partial charge in [-0.15, -0.1) is 0 Å². The number of benzene rings is 2. The van der Waals surface area contributed by atoms with E-state index in [2.05, 4.69) is 5.32 Å². The number of hydrogen-bond donors (Lipinski definition) is 1. The largest absolute Gasteiger partial charge is 0.497 e. The molecule has 0 aliphatic heterocycles. The van der Waals surface area contributed by atoms with E-state index in [1.807, 2.05) is 48.5 Å². The molecule has 0 fully saturated rings. The van der Waals surface area contributed by atoms with E-state index in [1.54, 1.807) is 14.0 Å². The van der Waals surface area contributed by atoms with E-state index in [4.69, 9.17) is 14.2 Å². The number of nitrogens with one attached hydrogen (secondary N) is 1. The average molecular weight is 397 g/mol. The van der Waals surface area contributed by atoms with Crippen molar-refractivity contribution < 1.29 is 23.8 Å². The standard InChI is InChI=1S/C23H27NO5/c1-4-20(25)24-19-13-11-15-10-12-17(27-2)14-18(15)22(19)29-23(26)21(28-3)16-8-6-5-7-9-16/h5-10,12,14,19,21-22H,4,11,13H2,1-3H3,(H,24,25)/t19-,21?,22-/m1/s1. The average Bonchev–Trinajstić information content (AvgIpc) is 2.76. The van der Waals surface area contributed by atoms with E-state index in [1.165, 1.54) is 7.11 Å². The van der Waals surface area contributed by atoms with Gasteiger partial charge >= 0.3 is 5.97 Å². The van der Waals surface area contributed by atoms with Crippen molar-refractivity contribution in [1.29, 1.82) is 0 Å². The zero-order valence-electron chi connectivity index (χ0n) is 17.0. The number of carbonyl (C=O) groups excluding carboxylic acids is 2. The summed E-state index contributed by atoms with van der Waals surface area (Å²) in [6.45, 7) is 1.80. The topological polar surface area (TPSA) is 73.9 Å². The predicted molar refractivity (Wildman–Crippen MR) is 109 cm³/mol. The van der Waals surface area contributed by atoms with Crippen LogP contribution in [-0.4, -0.2) is 32.1 Å². The molecule has 2 aromatic rings. The number of carbonyl (C=O) groups is 2. The van der Waals surface area contributed by atoms with Crippen LogP contribution in [0, 0.1) is 0 Å². The molecule has 1 aliphatic rings. The summed E-state index contributed by atoms with van der Waals surface area (Å²) in [6.07, 6.45) is 0.390. The lowest BCUT2D eigenvalue weighted by molar-refractivity contribution is -0.164. The molecule has 0 heterocycles. The minimum atomic E-state index is -0.838. The Morgan fingerprint density at radius 1 is 1.14 bits per heavy atom. The van der Waals surface area contributed by atoms with Crippen molar-refractivity contribution in [2.24, 2.45) is 0 Å². The molecule has 2 aromatic carbocycles. The number of esters is 1. The molecule has 6 heteroatoms. The minimum Gasteiger partial charge on any atom is -0.497 e. The van der Waals surface area contributed by atoms with E-state index in [-0.39, 0.29) is 11.9 Å². The van der Waals surface area contributed by atoms with Crippen molar-refractivity contribution in [2.45, 2.75) is 44.4 Å². The predicted octanol–water partition coefficient (Wildman–Crippen LogP) is 3.51. The van der Waals surface area contributed by atoms with Gasteiger partial charge in [-0.3, -0.25) is 4.79 Å². The molecule has 1 N–H and O–H groups in total. The minimum absolute atomic E-state index is 0.0752. The molecule has 3 atom stereocenters. The van der Waals surface area contributed by atoms with Crippen molar-refractivity contribution in [3.05, 3.63) is 65.2 Å². The van der Waals surface area contributed by atoms with Crippen LogP contribution in [0.3, 0.4) is 0 Å². The molecule has 0 saturated carbocycles. The number of amides is 1. The molecule has 0 aromatic heterocycles. The first-order chi connectivity index (χ1) is 14.1. The highest BCUT2D eigenvalue weighted by Crippen LogP contribution is 2.36. The lowest BCUT2D eigenvalue weighted by Gasteiger charge is -2.34. The molecule has 3 rings (SSSR count). The molecule has 1 aliphatic carbocycles. The van der Waals surface area contributed by atoms with Gasteiger partial charge in [-0.2, -0.15) is 0 Å². The van der Waals surface area contributed by atoms with Gasteiger partial charge in [-0.1, -0.05) is 43.3 Å². The molecule has 0 bridgehead atoms. The van der Waals surface area contributed by atoms with E-state index in [0.29, 0.717) is 18.6 Å². The highest BCUT2D eigenvalue weighted by Gasteiger charge is 2.36. The van der Waals surface area contributed by atoms with Crippen LogP contribution in [0.2, 0.25) is 0 Å². The number of rotatable bonds is 7. The van der Waals surface area contributed by atoms with Gasteiger partial charge in [-0.05, 0) is 36.1 Å². The number of methoxy groups -OCH3 is 2. The summed E-state index contributed by atoms with van der Waals surface area (Å²) in [5, 5.41) is 3.00. The summed E-state index contributed by atoms with van der Waals surface area (Å²) >= 11 is 0. The van der Waals surface area contributed by atoms with Gasteiger partial charge in [-0.25, -0.2) is 4.79 Å². The summed E-state index contributed by atoms with van der Waals surface area (Å²) in [4.78, 5) is 25.1.